The second-order valence-corrected chi connectivity index (χ2v) is 13.2. The number of esters is 1. The number of carbonyl (C=O) groups is 2. The van der Waals surface area contributed by atoms with Gasteiger partial charge < -0.3 is 19.3 Å². The molecular weight excluding hydrogens is 753 g/mol. The molecule has 0 saturated heterocycles. The lowest BCUT2D eigenvalue weighted by Crippen LogP contribution is -2.13. The Morgan fingerprint density at radius 3 is 1.43 bits per heavy atom. The molecule has 4 aromatic rings. The molecule has 2 heterocycles. The summed E-state index contributed by atoms with van der Waals surface area (Å²) >= 11 is 12.3. The highest BCUT2D eigenvalue weighted by atomic mass is 35.5. The van der Waals surface area contributed by atoms with Crippen molar-refractivity contribution in [1.29, 1.82) is 0 Å². The third-order valence-electron chi connectivity index (χ3n) is 8.70. The van der Waals surface area contributed by atoms with Crippen LogP contribution < -0.4 is 9.47 Å². The summed E-state index contributed by atoms with van der Waals surface area (Å²) in [4.78, 5) is 31.3. The summed E-state index contributed by atoms with van der Waals surface area (Å²) in [6.07, 6.45) is 0.514. The zero-order valence-corrected chi connectivity index (χ0v) is 29.5. The quantitative estimate of drug-likeness (QED) is 0.139. The molecule has 2 fully saturated rings. The number of pyridine rings is 2. The van der Waals surface area contributed by atoms with E-state index < -0.39 is 35.4 Å². The number of carboxylic acid groups (broad SMARTS) is 1. The van der Waals surface area contributed by atoms with Crippen molar-refractivity contribution in [2.75, 3.05) is 7.11 Å². The molecule has 0 radical (unpaired) electrons. The fourth-order valence-electron chi connectivity index (χ4n) is 5.97. The topological polar surface area (TPSA) is 108 Å². The second kappa shape index (κ2) is 16.6. The number of carbonyl (C=O) groups excluding carboxylic acids is 1. The van der Waals surface area contributed by atoms with Gasteiger partial charge in [-0.15, -0.1) is 0 Å². The number of nitrogens with zero attached hydrogens (tertiary/aromatic N) is 2. The molecule has 2 aliphatic rings. The van der Waals surface area contributed by atoms with E-state index in [1.165, 1.54) is 31.5 Å². The van der Waals surface area contributed by atoms with E-state index in [0.29, 0.717) is 0 Å². The van der Waals surface area contributed by atoms with Crippen molar-refractivity contribution in [3.63, 3.8) is 0 Å². The van der Waals surface area contributed by atoms with Crippen LogP contribution in [0.5, 0.6) is 11.8 Å². The minimum absolute atomic E-state index is 0.0325. The molecule has 0 aliphatic heterocycles. The first kappa shape index (κ1) is 39.6. The van der Waals surface area contributed by atoms with E-state index in [0.717, 1.165) is 87.9 Å². The van der Waals surface area contributed by atoms with Gasteiger partial charge in [-0.2, -0.15) is 26.3 Å². The van der Waals surface area contributed by atoms with Crippen LogP contribution in [0.25, 0.3) is 22.3 Å². The zero-order valence-electron chi connectivity index (χ0n) is 28.0. The molecule has 0 bridgehead atoms. The molecule has 0 atom stereocenters. The van der Waals surface area contributed by atoms with Crippen LogP contribution in [0, 0.1) is 0 Å². The molecule has 282 valence electrons. The third-order valence-corrected chi connectivity index (χ3v) is 9.36. The van der Waals surface area contributed by atoms with Gasteiger partial charge in [-0.25, -0.2) is 19.6 Å². The van der Waals surface area contributed by atoms with Crippen LogP contribution in [-0.2, 0) is 17.1 Å². The van der Waals surface area contributed by atoms with Gasteiger partial charge in [0.2, 0.25) is 11.8 Å². The molecule has 8 nitrogen and oxygen atoms in total. The van der Waals surface area contributed by atoms with Gasteiger partial charge in [0.05, 0.1) is 29.4 Å². The first-order chi connectivity index (χ1) is 25.0. The first-order valence-corrected chi connectivity index (χ1v) is 17.2. The van der Waals surface area contributed by atoms with Crippen molar-refractivity contribution >= 4 is 35.1 Å². The number of ether oxygens (including phenoxy) is 3. The van der Waals surface area contributed by atoms with Gasteiger partial charge >= 0.3 is 24.3 Å². The SMILES string of the molecule is COC(=O)c1cnc(OC2CCCC2)c(-c2cc(C(F)(F)F)ccc2Cl)c1.O=C(O)c1cnc(OC2CCCC2)c(-c2cc(C(F)(F)F)ccc2Cl)c1. The molecule has 2 aromatic heterocycles. The van der Waals surface area contributed by atoms with Crippen molar-refractivity contribution in [3.05, 3.63) is 93.2 Å². The van der Waals surface area contributed by atoms with Crippen molar-refractivity contribution in [1.82, 2.24) is 9.97 Å². The average Bonchev–Trinajstić information content (AvgIpc) is 3.83. The summed E-state index contributed by atoms with van der Waals surface area (Å²) in [6, 6.07) is 8.52. The Hall–Kier alpha value is -4.56. The van der Waals surface area contributed by atoms with Gasteiger partial charge in [-0.1, -0.05) is 23.2 Å². The van der Waals surface area contributed by atoms with Gasteiger partial charge in [0, 0.05) is 44.7 Å². The van der Waals surface area contributed by atoms with Crippen molar-refractivity contribution in [3.8, 4) is 34.0 Å². The van der Waals surface area contributed by atoms with Gasteiger partial charge in [-0.3, -0.25) is 0 Å². The number of benzene rings is 2. The Kier molecular flexibility index (Phi) is 12.4. The van der Waals surface area contributed by atoms with Crippen molar-refractivity contribution in [2.24, 2.45) is 0 Å². The number of alkyl halides is 6. The normalized spacial score (nSPS) is 15.1. The summed E-state index contributed by atoms with van der Waals surface area (Å²) in [5.41, 5.74) is -1.31. The molecule has 0 amide bonds. The van der Waals surface area contributed by atoms with E-state index in [1.807, 2.05) is 0 Å². The molecule has 0 unspecified atom stereocenters. The van der Waals surface area contributed by atoms with Crippen LogP contribution in [0.15, 0.2) is 60.9 Å². The maximum Gasteiger partial charge on any atom is 0.416 e. The maximum atomic E-state index is 13.1. The largest absolute Gasteiger partial charge is 0.478 e. The molecule has 16 heteroatoms. The molecule has 2 saturated carbocycles. The van der Waals surface area contributed by atoms with E-state index in [9.17, 15) is 41.0 Å². The summed E-state index contributed by atoms with van der Waals surface area (Å²) in [7, 11) is 1.21. The second-order valence-electron chi connectivity index (χ2n) is 12.4. The van der Waals surface area contributed by atoms with Crippen LogP contribution >= 0.6 is 23.2 Å². The number of hydrogen-bond donors (Lipinski definition) is 1. The Labute approximate surface area is 310 Å². The predicted octanol–water partition coefficient (Wildman–Crippen LogP) is 11.0. The number of carboxylic acids is 1. The summed E-state index contributed by atoms with van der Waals surface area (Å²) in [6.45, 7) is 0. The van der Waals surface area contributed by atoms with Crippen LogP contribution in [-0.4, -0.2) is 46.3 Å². The lowest BCUT2D eigenvalue weighted by atomic mass is 10.0. The third kappa shape index (κ3) is 9.91. The number of rotatable bonds is 8. The van der Waals surface area contributed by atoms with Crippen LogP contribution in [0.1, 0.15) is 83.2 Å². The van der Waals surface area contributed by atoms with Crippen LogP contribution in [0.3, 0.4) is 0 Å². The molecule has 1 N–H and O–H groups in total. The average molecular weight is 786 g/mol. The van der Waals surface area contributed by atoms with Gasteiger partial charge in [0.1, 0.15) is 12.2 Å². The molecule has 0 spiro atoms. The van der Waals surface area contributed by atoms with Gasteiger partial charge in [0.15, 0.2) is 0 Å². The summed E-state index contributed by atoms with van der Waals surface area (Å²) in [5.74, 6) is -1.66. The molecule has 2 aliphatic carbocycles. The van der Waals surface area contributed by atoms with Crippen LogP contribution in [0.4, 0.5) is 26.3 Å². The molecule has 2 aromatic carbocycles. The number of aromatic carboxylic acids is 1. The Balaban J connectivity index is 0.000000204. The standard InChI is InChI=1S/C19H17ClF3NO3.C18H15ClF3NO3/c1-26-18(25)11-8-15(17(24-10-11)27-13-4-2-3-5-13)14-9-12(19(21,22)23)6-7-16(14)20;19-15-6-5-11(18(20,21)22)8-13(15)14-7-10(17(24)25)9-23-16(14)26-12-3-1-2-4-12/h6-10,13H,2-5H2,1H3;5-9,12H,1-4H2,(H,24,25). The first-order valence-electron chi connectivity index (χ1n) is 16.4. The zero-order chi connectivity index (χ0) is 38.5. The minimum Gasteiger partial charge on any atom is -0.478 e. The number of aromatic nitrogens is 2. The van der Waals surface area contributed by atoms with Crippen LogP contribution in [0.2, 0.25) is 10.0 Å². The molecule has 53 heavy (non-hydrogen) atoms. The smallest absolute Gasteiger partial charge is 0.416 e. The molecular formula is C37H32Cl2F6N2O6. The van der Waals surface area contributed by atoms with Crippen molar-refractivity contribution in [2.45, 2.75) is 75.9 Å². The highest BCUT2D eigenvalue weighted by Crippen LogP contribution is 2.42. The highest BCUT2D eigenvalue weighted by molar-refractivity contribution is 6.33. The lowest BCUT2D eigenvalue weighted by molar-refractivity contribution is -0.138. The van der Waals surface area contributed by atoms with Gasteiger partial charge in [0.25, 0.3) is 0 Å². The fourth-order valence-corrected chi connectivity index (χ4v) is 6.41. The Bertz CT molecular complexity index is 1960. The van der Waals surface area contributed by atoms with Gasteiger partial charge in [-0.05, 0) is 99.9 Å². The highest BCUT2D eigenvalue weighted by Gasteiger charge is 2.33. The van der Waals surface area contributed by atoms with E-state index in [4.69, 9.17) is 32.7 Å². The number of methoxy groups -OCH3 is 1. The molecule has 6 rings (SSSR count). The maximum absolute atomic E-state index is 13.1. The van der Waals surface area contributed by atoms with E-state index in [1.54, 1.807) is 0 Å². The number of halogens is 8. The fraction of sp³-hybridized carbons (Fsp3) is 0.351. The monoisotopic (exact) mass is 784 g/mol. The van der Waals surface area contributed by atoms with Crippen molar-refractivity contribution < 1.29 is 55.2 Å². The lowest BCUT2D eigenvalue weighted by Gasteiger charge is -2.17. The van der Waals surface area contributed by atoms with E-state index >= 15 is 0 Å². The minimum atomic E-state index is -4.55. The van der Waals surface area contributed by atoms with E-state index in [-0.39, 0.29) is 67.4 Å². The Morgan fingerprint density at radius 1 is 0.660 bits per heavy atom. The van der Waals surface area contributed by atoms with E-state index in [2.05, 4.69) is 14.7 Å². The Morgan fingerprint density at radius 2 is 1.06 bits per heavy atom. The summed E-state index contributed by atoms with van der Waals surface area (Å²) in [5, 5.41) is 9.34. The number of hydrogen-bond acceptors (Lipinski definition) is 7. The summed E-state index contributed by atoms with van der Waals surface area (Å²) < 4.78 is 95.0. The predicted molar refractivity (Wildman–Crippen MR) is 183 cm³/mol.